The summed E-state index contributed by atoms with van der Waals surface area (Å²) in [6.07, 6.45) is 3.53. The van der Waals surface area contributed by atoms with E-state index in [9.17, 15) is 4.79 Å². The average Bonchev–Trinajstić information content (AvgIpc) is 3.37. The average molecular weight is 376 g/mol. The summed E-state index contributed by atoms with van der Waals surface area (Å²) in [5.74, 6) is -0.0851. The highest BCUT2D eigenvalue weighted by Crippen LogP contribution is 2.28. The Hall–Kier alpha value is -3.12. The van der Waals surface area contributed by atoms with E-state index >= 15 is 0 Å². The smallest absolute Gasteiger partial charge is 0.251 e. The van der Waals surface area contributed by atoms with Crippen LogP contribution in [0.2, 0.25) is 0 Å². The van der Waals surface area contributed by atoms with Gasteiger partial charge in [0.05, 0.1) is 25.2 Å². The van der Waals surface area contributed by atoms with Crippen LogP contribution >= 0.6 is 0 Å². The molecular weight excluding hydrogens is 352 g/mol. The number of anilines is 1. The molecule has 0 bridgehead atoms. The summed E-state index contributed by atoms with van der Waals surface area (Å²) in [5, 5.41) is 2.99. The first-order valence-electron chi connectivity index (χ1n) is 9.42. The summed E-state index contributed by atoms with van der Waals surface area (Å²) < 4.78 is 7.10. The van der Waals surface area contributed by atoms with Gasteiger partial charge in [0.15, 0.2) is 0 Å². The van der Waals surface area contributed by atoms with Gasteiger partial charge in [0, 0.05) is 44.2 Å². The van der Waals surface area contributed by atoms with Crippen LogP contribution in [0.5, 0.6) is 0 Å². The van der Waals surface area contributed by atoms with Gasteiger partial charge in [0.1, 0.15) is 0 Å². The highest BCUT2D eigenvalue weighted by molar-refractivity contribution is 5.95. The van der Waals surface area contributed by atoms with Crippen molar-refractivity contribution in [1.82, 2.24) is 14.9 Å². The van der Waals surface area contributed by atoms with Gasteiger partial charge in [-0.25, -0.2) is 4.98 Å². The number of carbonyl (C=O) groups is 1. The number of imidazole rings is 1. The lowest BCUT2D eigenvalue weighted by atomic mass is 10.1. The third-order valence-corrected chi connectivity index (χ3v) is 5.08. The number of rotatable bonds is 7. The van der Waals surface area contributed by atoms with Crippen LogP contribution in [0.25, 0.3) is 0 Å². The monoisotopic (exact) mass is 376 g/mol. The van der Waals surface area contributed by atoms with Crippen molar-refractivity contribution in [2.45, 2.75) is 26.2 Å². The number of amides is 1. The van der Waals surface area contributed by atoms with E-state index in [4.69, 9.17) is 4.74 Å². The van der Waals surface area contributed by atoms with Crippen LogP contribution in [0.1, 0.15) is 27.2 Å². The van der Waals surface area contributed by atoms with Gasteiger partial charge in [-0.3, -0.25) is 4.79 Å². The summed E-state index contributed by atoms with van der Waals surface area (Å²) in [6, 6.07) is 16.3. The number of nitrogens with one attached hydrogen (secondary N) is 1. The second kappa shape index (κ2) is 8.27. The first-order chi connectivity index (χ1) is 13.7. The van der Waals surface area contributed by atoms with E-state index in [0.717, 1.165) is 24.5 Å². The Morgan fingerprint density at radius 3 is 2.68 bits per heavy atom. The maximum Gasteiger partial charge on any atom is 0.251 e. The molecule has 2 aromatic carbocycles. The molecule has 2 heterocycles. The second-order valence-corrected chi connectivity index (χ2v) is 6.93. The molecule has 3 aromatic rings. The zero-order valence-corrected chi connectivity index (χ0v) is 16.0. The molecule has 6 heteroatoms. The predicted molar refractivity (Wildman–Crippen MR) is 108 cm³/mol. The molecule has 0 saturated heterocycles. The standard InChI is InChI=1S/C22H24N4O2/c1-28-10-9-25-16-23-12-21(25)13-24-22(27)17-7-4-8-20(11-17)26-14-18-5-2-3-6-19(18)15-26/h2-8,11-12,16H,9-10,13-15H2,1H3,(H,24,27). The molecule has 0 radical (unpaired) electrons. The molecule has 6 nitrogen and oxygen atoms in total. The van der Waals surface area contributed by atoms with Gasteiger partial charge in [-0.15, -0.1) is 0 Å². The van der Waals surface area contributed by atoms with Crippen LogP contribution < -0.4 is 10.2 Å². The molecule has 1 N–H and O–H groups in total. The number of nitrogens with zero attached hydrogens (tertiary/aromatic N) is 3. The quantitative estimate of drug-likeness (QED) is 0.689. The van der Waals surface area contributed by atoms with E-state index in [1.54, 1.807) is 19.6 Å². The maximum atomic E-state index is 12.7. The summed E-state index contributed by atoms with van der Waals surface area (Å²) in [6.45, 7) is 3.51. The Morgan fingerprint density at radius 2 is 1.93 bits per heavy atom. The molecule has 4 rings (SSSR count). The van der Waals surface area contributed by atoms with Gasteiger partial charge < -0.3 is 19.5 Å². The topological polar surface area (TPSA) is 59.4 Å². The van der Waals surface area contributed by atoms with Crippen LogP contribution in [0.15, 0.2) is 61.1 Å². The van der Waals surface area contributed by atoms with Crippen LogP contribution in [0, 0.1) is 0 Å². The molecule has 1 aliphatic heterocycles. The fraction of sp³-hybridized carbons (Fsp3) is 0.273. The van der Waals surface area contributed by atoms with Crippen molar-refractivity contribution in [2.24, 2.45) is 0 Å². The fourth-order valence-electron chi connectivity index (χ4n) is 3.52. The van der Waals surface area contributed by atoms with Gasteiger partial charge in [-0.1, -0.05) is 30.3 Å². The van der Waals surface area contributed by atoms with E-state index in [-0.39, 0.29) is 5.91 Å². The Kier molecular flexibility index (Phi) is 5.39. The molecule has 0 spiro atoms. The normalized spacial score (nSPS) is 12.8. The van der Waals surface area contributed by atoms with E-state index in [2.05, 4.69) is 45.5 Å². The number of ether oxygens (including phenoxy) is 1. The lowest BCUT2D eigenvalue weighted by Crippen LogP contribution is -2.25. The number of aromatic nitrogens is 2. The van der Waals surface area contributed by atoms with Gasteiger partial charge in [-0.2, -0.15) is 0 Å². The third-order valence-electron chi connectivity index (χ3n) is 5.08. The minimum atomic E-state index is -0.0851. The Labute approximate surface area is 164 Å². The molecular formula is C22H24N4O2. The lowest BCUT2D eigenvalue weighted by molar-refractivity contribution is 0.0950. The molecule has 1 amide bonds. The van der Waals surface area contributed by atoms with E-state index < -0.39 is 0 Å². The van der Waals surface area contributed by atoms with Crippen LogP contribution in [0.4, 0.5) is 5.69 Å². The highest BCUT2D eigenvalue weighted by atomic mass is 16.5. The molecule has 0 aliphatic carbocycles. The molecule has 0 fully saturated rings. The fourth-order valence-corrected chi connectivity index (χ4v) is 3.52. The number of hydrogen-bond donors (Lipinski definition) is 1. The number of hydrogen-bond acceptors (Lipinski definition) is 4. The summed E-state index contributed by atoms with van der Waals surface area (Å²) in [5.41, 5.74) is 5.38. The Bertz CT molecular complexity index is 941. The van der Waals surface area contributed by atoms with Crippen molar-refractivity contribution in [3.05, 3.63) is 83.4 Å². The third kappa shape index (κ3) is 3.92. The van der Waals surface area contributed by atoms with Crippen molar-refractivity contribution in [2.75, 3.05) is 18.6 Å². The zero-order valence-electron chi connectivity index (χ0n) is 16.0. The zero-order chi connectivity index (χ0) is 19.3. The van der Waals surface area contributed by atoms with Gasteiger partial charge >= 0.3 is 0 Å². The molecule has 1 aliphatic rings. The molecule has 0 unspecified atom stereocenters. The van der Waals surface area contributed by atoms with Crippen molar-refractivity contribution < 1.29 is 9.53 Å². The number of benzene rings is 2. The molecule has 1 aromatic heterocycles. The van der Waals surface area contributed by atoms with Gasteiger partial charge in [-0.05, 0) is 29.3 Å². The van der Waals surface area contributed by atoms with Crippen LogP contribution in [0.3, 0.4) is 0 Å². The van der Waals surface area contributed by atoms with Crippen LogP contribution in [-0.2, 0) is 30.9 Å². The predicted octanol–water partition coefficient (Wildman–Crippen LogP) is 2.98. The summed E-state index contributed by atoms with van der Waals surface area (Å²) in [7, 11) is 1.67. The summed E-state index contributed by atoms with van der Waals surface area (Å²) >= 11 is 0. The van der Waals surface area contributed by atoms with Crippen molar-refractivity contribution >= 4 is 11.6 Å². The SMILES string of the molecule is COCCn1cncc1CNC(=O)c1cccc(N2Cc3ccccc3C2)c1. The first-order valence-corrected chi connectivity index (χ1v) is 9.42. The number of methoxy groups -OCH3 is 1. The second-order valence-electron chi connectivity index (χ2n) is 6.93. The molecule has 0 atom stereocenters. The minimum absolute atomic E-state index is 0.0851. The van der Waals surface area contributed by atoms with Crippen LogP contribution in [-0.4, -0.2) is 29.2 Å². The van der Waals surface area contributed by atoms with Crippen molar-refractivity contribution in [1.29, 1.82) is 0 Å². The number of carbonyl (C=O) groups excluding carboxylic acids is 1. The minimum Gasteiger partial charge on any atom is -0.383 e. The van der Waals surface area contributed by atoms with E-state index in [0.29, 0.717) is 25.3 Å². The summed E-state index contributed by atoms with van der Waals surface area (Å²) in [4.78, 5) is 19.1. The Morgan fingerprint density at radius 1 is 1.14 bits per heavy atom. The molecule has 144 valence electrons. The van der Waals surface area contributed by atoms with E-state index in [1.165, 1.54) is 11.1 Å². The van der Waals surface area contributed by atoms with Crippen molar-refractivity contribution in [3.63, 3.8) is 0 Å². The molecule has 28 heavy (non-hydrogen) atoms. The van der Waals surface area contributed by atoms with Gasteiger partial charge in [0.2, 0.25) is 0 Å². The van der Waals surface area contributed by atoms with Gasteiger partial charge in [0.25, 0.3) is 5.91 Å². The largest absolute Gasteiger partial charge is 0.383 e. The lowest BCUT2D eigenvalue weighted by Gasteiger charge is -2.18. The number of fused-ring (bicyclic) bond motifs is 1. The van der Waals surface area contributed by atoms with E-state index in [1.807, 2.05) is 22.8 Å². The maximum absolute atomic E-state index is 12.7. The highest BCUT2D eigenvalue weighted by Gasteiger charge is 2.19. The Balaban J connectivity index is 1.41. The first kappa shape index (κ1) is 18.3. The molecule has 0 saturated carbocycles. The van der Waals surface area contributed by atoms with Crippen molar-refractivity contribution in [3.8, 4) is 0 Å².